The van der Waals surface area contributed by atoms with E-state index in [2.05, 4.69) is 19.2 Å². The van der Waals surface area contributed by atoms with Crippen LogP contribution in [0.5, 0.6) is 0 Å². The molecule has 13 heavy (non-hydrogen) atoms. The predicted octanol–water partition coefficient (Wildman–Crippen LogP) is 1.37. The van der Waals surface area contributed by atoms with Crippen molar-refractivity contribution in [3.63, 3.8) is 0 Å². The molecule has 1 heterocycles. The average molecular weight is 208 g/mol. The first-order valence-corrected chi connectivity index (χ1v) is 4.54. The Labute approximate surface area is 85.3 Å². The van der Waals surface area contributed by atoms with E-state index in [1.165, 1.54) is 0 Å². The molecule has 1 aliphatic heterocycles. The number of hydrogen-bond donors (Lipinski definition) is 2. The molecule has 0 spiro atoms. The standard InChI is InChI=1S/C9H17NO2.ClH/c1-6(2)3-7-4-10-5-8(7)9(11)12;/h6-8,10H,3-5H2,1-2H3,(H,11,12);1H/t7-,8-;/m0./s1. The van der Waals surface area contributed by atoms with E-state index >= 15 is 0 Å². The summed E-state index contributed by atoms with van der Waals surface area (Å²) in [5.74, 6) is 0.122. The second kappa shape index (κ2) is 5.45. The summed E-state index contributed by atoms with van der Waals surface area (Å²) < 4.78 is 0. The van der Waals surface area contributed by atoms with E-state index in [4.69, 9.17) is 5.11 Å². The van der Waals surface area contributed by atoms with E-state index in [0.717, 1.165) is 13.0 Å². The zero-order chi connectivity index (χ0) is 9.14. The molecule has 1 aliphatic rings. The molecule has 2 N–H and O–H groups in total. The van der Waals surface area contributed by atoms with Crippen LogP contribution in [0.25, 0.3) is 0 Å². The van der Waals surface area contributed by atoms with Gasteiger partial charge in [-0.1, -0.05) is 13.8 Å². The number of halogens is 1. The van der Waals surface area contributed by atoms with Crippen LogP contribution in [-0.2, 0) is 4.79 Å². The molecule has 0 aromatic rings. The maximum absolute atomic E-state index is 10.8. The van der Waals surface area contributed by atoms with Gasteiger partial charge in [0.1, 0.15) is 0 Å². The molecule has 0 aromatic carbocycles. The first-order chi connectivity index (χ1) is 5.61. The summed E-state index contributed by atoms with van der Waals surface area (Å²) in [6.07, 6.45) is 1.02. The van der Waals surface area contributed by atoms with Crippen molar-refractivity contribution in [2.75, 3.05) is 13.1 Å². The van der Waals surface area contributed by atoms with E-state index in [-0.39, 0.29) is 18.3 Å². The molecule has 78 valence electrons. The van der Waals surface area contributed by atoms with Gasteiger partial charge < -0.3 is 10.4 Å². The predicted molar refractivity (Wildman–Crippen MR) is 54.2 cm³/mol. The van der Waals surface area contributed by atoms with E-state index in [1.54, 1.807) is 0 Å². The topological polar surface area (TPSA) is 49.3 Å². The Balaban J connectivity index is 0.00000144. The molecule has 1 rings (SSSR count). The first-order valence-electron chi connectivity index (χ1n) is 4.54. The second-order valence-corrected chi connectivity index (χ2v) is 3.99. The third kappa shape index (κ3) is 3.53. The van der Waals surface area contributed by atoms with Gasteiger partial charge in [-0.05, 0) is 24.8 Å². The lowest BCUT2D eigenvalue weighted by Crippen LogP contribution is -2.23. The van der Waals surface area contributed by atoms with Gasteiger partial charge in [-0.3, -0.25) is 4.79 Å². The van der Waals surface area contributed by atoms with Gasteiger partial charge in [0.15, 0.2) is 0 Å². The summed E-state index contributed by atoms with van der Waals surface area (Å²) in [6, 6.07) is 0. The molecule has 4 heteroatoms. The van der Waals surface area contributed by atoms with Crippen LogP contribution in [0.1, 0.15) is 20.3 Å². The fourth-order valence-corrected chi connectivity index (χ4v) is 1.88. The molecular weight excluding hydrogens is 190 g/mol. The Morgan fingerprint density at radius 1 is 1.54 bits per heavy atom. The van der Waals surface area contributed by atoms with Crippen LogP contribution < -0.4 is 5.32 Å². The fourth-order valence-electron chi connectivity index (χ4n) is 1.88. The zero-order valence-corrected chi connectivity index (χ0v) is 8.93. The third-order valence-electron chi connectivity index (χ3n) is 2.43. The van der Waals surface area contributed by atoms with Crippen molar-refractivity contribution in [1.29, 1.82) is 0 Å². The molecule has 0 unspecified atom stereocenters. The van der Waals surface area contributed by atoms with Gasteiger partial charge in [-0.15, -0.1) is 12.4 Å². The Bertz CT molecular complexity index is 173. The lowest BCUT2D eigenvalue weighted by Gasteiger charge is -2.16. The van der Waals surface area contributed by atoms with Crippen molar-refractivity contribution in [3.05, 3.63) is 0 Å². The molecular formula is C9H18ClNO2. The highest BCUT2D eigenvalue weighted by molar-refractivity contribution is 5.85. The van der Waals surface area contributed by atoms with E-state index in [9.17, 15) is 4.79 Å². The van der Waals surface area contributed by atoms with Crippen molar-refractivity contribution >= 4 is 18.4 Å². The number of carbonyl (C=O) groups is 1. The molecule has 0 saturated carbocycles. The highest BCUT2D eigenvalue weighted by Gasteiger charge is 2.32. The molecule has 0 aliphatic carbocycles. The maximum Gasteiger partial charge on any atom is 0.308 e. The van der Waals surface area contributed by atoms with Crippen molar-refractivity contribution in [2.24, 2.45) is 17.8 Å². The Morgan fingerprint density at radius 2 is 2.15 bits per heavy atom. The van der Waals surface area contributed by atoms with Crippen LogP contribution in [-0.4, -0.2) is 24.2 Å². The Kier molecular flexibility index (Phi) is 5.33. The number of carboxylic acids is 1. The molecule has 2 atom stereocenters. The molecule has 1 fully saturated rings. The van der Waals surface area contributed by atoms with E-state index in [1.807, 2.05) is 0 Å². The lowest BCUT2D eigenvalue weighted by molar-refractivity contribution is -0.142. The van der Waals surface area contributed by atoms with Crippen molar-refractivity contribution in [3.8, 4) is 0 Å². The highest BCUT2D eigenvalue weighted by atomic mass is 35.5. The van der Waals surface area contributed by atoms with Crippen LogP contribution in [0.4, 0.5) is 0 Å². The van der Waals surface area contributed by atoms with Crippen LogP contribution in [0.2, 0.25) is 0 Å². The maximum atomic E-state index is 10.8. The minimum Gasteiger partial charge on any atom is -0.481 e. The summed E-state index contributed by atoms with van der Waals surface area (Å²) in [7, 11) is 0. The third-order valence-corrected chi connectivity index (χ3v) is 2.43. The molecule has 0 amide bonds. The molecule has 1 saturated heterocycles. The number of nitrogens with one attached hydrogen (secondary N) is 1. The van der Waals surface area contributed by atoms with Gasteiger partial charge in [-0.2, -0.15) is 0 Å². The van der Waals surface area contributed by atoms with Gasteiger partial charge in [-0.25, -0.2) is 0 Å². The average Bonchev–Trinajstić information content (AvgIpc) is 2.33. The second-order valence-electron chi connectivity index (χ2n) is 3.99. The molecule has 0 radical (unpaired) electrons. The fraction of sp³-hybridized carbons (Fsp3) is 0.889. The summed E-state index contributed by atoms with van der Waals surface area (Å²) in [4.78, 5) is 10.8. The first kappa shape index (κ1) is 12.7. The van der Waals surface area contributed by atoms with Gasteiger partial charge in [0, 0.05) is 6.54 Å². The summed E-state index contributed by atoms with van der Waals surface area (Å²) in [5.41, 5.74) is 0. The van der Waals surface area contributed by atoms with Gasteiger partial charge >= 0.3 is 5.97 Å². The van der Waals surface area contributed by atoms with Crippen LogP contribution in [0.15, 0.2) is 0 Å². The largest absolute Gasteiger partial charge is 0.481 e. The molecule has 0 bridgehead atoms. The van der Waals surface area contributed by atoms with E-state index < -0.39 is 5.97 Å². The van der Waals surface area contributed by atoms with Gasteiger partial charge in [0.25, 0.3) is 0 Å². The summed E-state index contributed by atoms with van der Waals surface area (Å²) >= 11 is 0. The minimum absolute atomic E-state index is 0. The van der Waals surface area contributed by atoms with Crippen LogP contribution in [0, 0.1) is 17.8 Å². The van der Waals surface area contributed by atoms with E-state index in [0.29, 0.717) is 18.4 Å². The smallest absolute Gasteiger partial charge is 0.308 e. The zero-order valence-electron chi connectivity index (χ0n) is 8.12. The normalized spacial score (nSPS) is 27.3. The SMILES string of the molecule is CC(C)C[C@H]1CNC[C@@H]1C(=O)O.Cl. The van der Waals surface area contributed by atoms with Gasteiger partial charge in [0.2, 0.25) is 0 Å². The number of rotatable bonds is 3. The highest BCUT2D eigenvalue weighted by Crippen LogP contribution is 2.23. The van der Waals surface area contributed by atoms with Crippen molar-refractivity contribution < 1.29 is 9.90 Å². The van der Waals surface area contributed by atoms with Crippen LogP contribution in [0.3, 0.4) is 0 Å². The van der Waals surface area contributed by atoms with Gasteiger partial charge in [0.05, 0.1) is 5.92 Å². The Morgan fingerprint density at radius 3 is 2.62 bits per heavy atom. The van der Waals surface area contributed by atoms with Crippen LogP contribution >= 0.6 is 12.4 Å². The van der Waals surface area contributed by atoms with Crippen molar-refractivity contribution in [1.82, 2.24) is 5.32 Å². The quantitative estimate of drug-likeness (QED) is 0.735. The summed E-state index contributed by atoms with van der Waals surface area (Å²) in [5, 5.41) is 12.0. The number of carboxylic acid groups (broad SMARTS) is 1. The minimum atomic E-state index is -0.648. The van der Waals surface area contributed by atoms with Crippen molar-refractivity contribution in [2.45, 2.75) is 20.3 Å². The monoisotopic (exact) mass is 207 g/mol. The number of hydrogen-bond acceptors (Lipinski definition) is 2. The molecule has 0 aromatic heterocycles. The Hall–Kier alpha value is -0.280. The summed E-state index contributed by atoms with van der Waals surface area (Å²) in [6.45, 7) is 5.79. The lowest BCUT2D eigenvalue weighted by atomic mass is 9.88. The molecule has 3 nitrogen and oxygen atoms in total. The number of aliphatic carboxylic acids is 1.